The third-order valence-corrected chi connectivity index (χ3v) is 7.57. The third kappa shape index (κ3) is 5.72. The number of thioether (sulfide) groups is 1. The van der Waals surface area contributed by atoms with E-state index in [2.05, 4.69) is 30.1 Å². The Balaban J connectivity index is 2.50. The van der Waals surface area contributed by atoms with Crippen molar-refractivity contribution < 1.29 is 13.2 Å². The molecule has 9 heteroatoms. The summed E-state index contributed by atoms with van der Waals surface area (Å²) in [4.78, 5) is 0.261. The Bertz CT molecular complexity index is 962. The minimum Gasteiger partial charge on any atom is -0.383 e. The minimum absolute atomic E-state index is 0.00255. The Hall–Kier alpha value is -1.68. The van der Waals surface area contributed by atoms with E-state index in [1.165, 1.54) is 9.88 Å². The van der Waals surface area contributed by atoms with E-state index in [1.54, 1.807) is 37.1 Å². The number of nitrogens with zero attached hydrogens (tertiary/aromatic N) is 4. The first-order valence-corrected chi connectivity index (χ1v) is 12.5. The zero-order chi connectivity index (χ0) is 22.3. The maximum Gasteiger partial charge on any atom is 0.243 e. The Kier molecular flexibility index (Phi) is 9.09. The van der Waals surface area contributed by atoms with Gasteiger partial charge < -0.3 is 4.74 Å². The van der Waals surface area contributed by atoms with Crippen molar-refractivity contribution in [1.82, 2.24) is 19.1 Å². The highest BCUT2D eigenvalue weighted by Crippen LogP contribution is 2.30. The smallest absolute Gasteiger partial charge is 0.243 e. The van der Waals surface area contributed by atoms with Crippen LogP contribution in [0.1, 0.15) is 40.7 Å². The van der Waals surface area contributed by atoms with Crippen LogP contribution in [0.2, 0.25) is 0 Å². The van der Waals surface area contributed by atoms with Crippen LogP contribution >= 0.6 is 11.8 Å². The molecule has 0 spiro atoms. The molecule has 0 amide bonds. The highest BCUT2D eigenvalue weighted by atomic mass is 32.2. The number of benzene rings is 1. The van der Waals surface area contributed by atoms with Crippen molar-refractivity contribution in [2.45, 2.75) is 50.7 Å². The van der Waals surface area contributed by atoms with E-state index >= 15 is 0 Å². The molecule has 166 valence electrons. The van der Waals surface area contributed by atoms with Gasteiger partial charge in [0.25, 0.3) is 0 Å². The van der Waals surface area contributed by atoms with Gasteiger partial charge in [0, 0.05) is 31.5 Å². The van der Waals surface area contributed by atoms with Crippen LogP contribution in [0, 0.1) is 0 Å². The molecule has 0 aliphatic carbocycles. The highest BCUT2D eigenvalue weighted by Gasteiger charge is 2.24. The van der Waals surface area contributed by atoms with E-state index in [1.807, 2.05) is 31.4 Å². The summed E-state index contributed by atoms with van der Waals surface area (Å²) in [6.07, 6.45) is 2.14. The van der Waals surface area contributed by atoms with Gasteiger partial charge in [0.2, 0.25) is 10.0 Å². The van der Waals surface area contributed by atoms with Gasteiger partial charge in [0.05, 0.1) is 17.5 Å². The van der Waals surface area contributed by atoms with Crippen LogP contribution in [0.5, 0.6) is 0 Å². The van der Waals surface area contributed by atoms with Crippen molar-refractivity contribution >= 4 is 21.8 Å². The number of sulfonamides is 1. The number of rotatable bonds is 11. The number of allylic oxidation sites excluding steroid dienone is 1. The molecular formula is C21H32N4O3S2. The van der Waals surface area contributed by atoms with E-state index in [0.29, 0.717) is 31.1 Å². The molecular weight excluding hydrogens is 420 g/mol. The summed E-state index contributed by atoms with van der Waals surface area (Å²) in [5.41, 5.74) is 1.96. The van der Waals surface area contributed by atoms with Crippen LogP contribution in [0.3, 0.4) is 0 Å². The number of aromatic nitrogens is 3. The largest absolute Gasteiger partial charge is 0.383 e. The van der Waals surface area contributed by atoms with Crippen molar-refractivity contribution in [1.29, 1.82) is 0 Å². The summed E-state index contributed by atoms with van der Waals surface area (Å²) in [5, 5.41) is 9.57. The van der Waals surface area contributed by atoms with Crippen LogP contribution in [0.25, 0.3) is 11.4 Å². The summed E-state index contributed by atoms with van der Waals surface area (Å²) < 4.78 is 34.8. The average molecular weight is 453 g/mol. The lowest BCUT2D eigenvalue weighted by atomic mass is 10.2. The van der Waals surface area contributed by atoms with Crippen LogP contribution in [0.4, 0.5) is 0 Å². The standard InChI is InChI=1S/C21H32N4O3S2/c1-7-24(8-2)30(26,27)19-11-9-10-18(14-19)20-22-23-21(29-13-12-16(3)4)25(20)17(5)15-28-6/h9-12,14,17H,7-8,13,15H2,1-6H3/t17-/m0/s1. The molecule has 0 bridgehead atoms. The maximum atomic E-state index is 13.0. The molecule has 0 saturated carbocycles. The lowest BCUT2D eigenvalue weighted by Crippen LogP contribution is -2.30. The zero-order valence-electron chi connectivity index (χ0n) is 18.6. The van der Waals surface area contributed by atoms with E-state index in [0.717, 1.165) is 10.9 Å². The Morgan fingerprint density at radius 1 is 1.27 bits per heavy atom. The Labute approximate surface area is 184 Å². The van der Waals surface area contributed by atoms with E-state index in [-0.39, 0.29) is 10.9 Å². The molecule has 1 atom stereocenters. The molecule has 2 aromatic rings. The molecule has 0 aliphatic heterocycles. The zero-order valence-corrected chi connectivity index (χ0v) is 20.3. The van der Waals surface area contributed by atoms with Gasteiger partial charge in [0.1, 0.15) is 0 Å². The maximum absolute atomic E-state index is 13.0. The van der Waals surface area contributed by atoms with E-state index in [4.69, 9.17) is 4.74 Å². The predicted molar refractivity (Wildman–Crippen MR) is 122 cm³/mol. The lowest BCUT2D eigenvalue weighted by molar-refractivity contribution is 0.159. The second kappa shape index (κ2) is 11.1. The van der Waals surface area contributed by atoms with Crippen LogP contribution in [-0.2, 0) is 14.8 Å². The Morgan fingerprint density at radius 2 is 1.97 bits per heavy atom. The van der Waals surface area contributed by atoms with Gasteiger partial charge in [-0.3, -0.25) is 4.57 Å². The molecule has 7 nitrogen and oxygen atoms in total. The first-order valence-electron chi connectivity index (χ1n) is 10.1. The molecule has 0 unspecified atom stereocenters. The number of hydrogen-bond donors (Lipinski definition) is 0. The molecule has 0 fully saturated rings. The minimum atomic E-state index is -3.55. The molecule has 0 aliphatic rings. The normalized spacial score (nSPS) is 12.9. The van der Waals surface area contributed by atoms with Crippen molar-refractivity contribution in [2.24, 2.45) is 0 Å². The number of hydrogen-bond acceptors (Lipinski definition) is 6. The van der Waals surface area contributed by atoms with E-state index in [9.17, 15) is 8.42 Å². The SMILES string of the molecule is CCN(CC)S(=O)(=O)c1cccc(-c2nnc(SCC=C(C)C)n2[C@@H](C)COC)c1. The van der Waals surface area contributed by atoms with Crippen LogP contribution < -0.4 is 0 Å². The van der Waals surface area contributed by atoms with Crippen molar-refractivity contribution in [3.05, 3.63) is 35.9 Å². The highest BCUT2D eigenvalue weighted by molar-refractivity contribution is 7.99. The quantitative estimate of drug-likeness (QED) is 0.375. The molecule has 1 aromatic heterocycles. The van der Waals surface area contributed by atoms with Crippen LogP contribution in [0.15, 0.2) is 46.0 Å². The molecule has 0 saturated heterocycles. The molecule has 30 heavy (non-hydrogen) atoms. The summed E-state index contributed by atoms with van der Waals surface area (Å²) in [6.45, 7) is 11.2. The molecule has 0 radical (unpaired) electrons. The fourth-order valence-corrected chi connectivity index (χ4v) is 5.65. The monoisotopic (exact) mass is 452 g/mol. The fraction of sp³-hybridized carbons (Fsp3) is 0.524. The topological polar surface area (TPSA) is 77.3 Å². The first-order chi connectivity index (χ1) is 14.3. The summed E-state index contributed by atoms with van der Waals surface area (Å²) in [5.74, 6) is 1.42. The van der Waals surface area contributed by atoms with Gasteiger partial charge in [-0.1, -0.05) is 49.4 Å². The van der Waals surface area contributed by atoms with Gasteiger partial charge in [-0.2, -0.15) is 4.31 Å². The van der Waals surface area contributed by atoms with Gasteiger partial charge in [-0.05, 0) is 32.9 Å². The summed E-state index contributed by atoms with van der Waals surface area (Å²) in [7, 11) is -1.89. The molecule has 0 N–H and O–H groups in total. The van der Waals surface area contributed by atoms with Gasteiger partial charge >= 0.3 is 0 Å². The summed E-state index contributed by atoms with van der Waals surface area (Å²) >= 11 is 1.60. The third-order valence-electron chi connectivity index (χ3n) is 4.65. The van der Waals surface area contributed by atoms with Crippen molar-refractivity contribution in [3.63, 3.8) is 0 Å². The second-order valence-electron chi connectivity index (χ2n) is 7.19. The lowest BCUT2D eigenvalue weighted by Gasteiger charge is -2.19. The van der Waals surface area contributed by atoms with Gasteiger partial charge in [0.15, 0.2) is 11.0 Å². The van der Waals surface area contributed by atoms with Crippen LogP contribution in [-0.4, -0.2) is 60.0 Å². The van der Waals surface area contributed by atoms with E-state index < -0.39 is 10.0 Å². The number of methoxy groups -OCH3 is 1. The molecule has 2 rings (SSSR count). The Morgan fingerprint density at radius 3 is 2.57 bits per heavy atom. The fourth-order valence-electron chi connectivity index (χ4n) is 3.08. The second-order valence-corrected chi connectivity index (χ2v) is 10.1. The molecule has 1 aromatic carbocycles. The van der Waals surface area contributed by atoms with Crippen molar-refractivity contribution in [2.75, 3.05) is 32.6 Å². The molecule has 1 heterocycles. The predicted octanol–water partition coefficient (Wildman–Crippen LogP) is 4.24. The first kappa shape index (κ1) is 24.6. The van der Waals surface area contributed by atoms with Gasteiger partial charge in [-0.25, -0.2) is 8.42 Å². The number of ether oxygens (including phenoxy) is 1. The van der Waals surface area contributed by atoms with Gasteiger partial charge in [-0.15, -0.1) is 10.2 Å². The van der Waals surface area contributed by atoms with Crippen molar-refractivity contribution in [3.8, 4) is 11.4 Å². The average Bonchev–Trinajstić information content (AvgIpc) is 3.13. The summed E-state index contributed by atoms with van der Waals surface area (Å²) in [6, 6.07) is 6.92.